The van der Waals surface area contributed by atoms with Crippen molar-refractivity contribution in [2.24, 2.45) is 0 Å². The van der Waals surface area contributed by atoms with E-state index in [1.807, 2.05) is 19.9 Å². The fourth-order valence-corrected chi connectivity index (χ4v) is 2.92. The van der Waals surface area contributed by atoms with Gasteiger partial charge in [-0.2, -0.15) is 0 Å². The standard InChI is InChI=1S/C17H16O/c1-9-6-5-7-13-8-14-16(15(9)13)11(3)10(2)12(4)17(14)18/h5-8H,1-4H3. The number of hydrogen-bond donors (Lipinski definition) is 0. The molecular formula is C17H16O. The zero-order valence-corrected chi connectivity index (χ0v) is 11.2. The lowest BCUT2D eigenvalue weighted by Gasteiger charge is -2.21. The van der Waals surface area contributed by atoms with E-state index in [0.717, 1.165) is 22.3 Å². The van der Waals surface area contributed by atoms with Crippen molar-refractivity contribution in [3.05, 3.63) is 57.2 Å². The molecule has 2 aliphatic rings. The van der Waals surface area contributed by atoms with E-state index in [9.17, 15) is 4.79 Å². The van der Waals surface area contributed by atoms with Crippen LogP contribution in [0.1, 0.15) is 37.5 Å². The number of hydrogen-bond acceptors (Lipinski definition) is 1. The number of fused-ring (bicyclic) bond motifs is 3. The van der Waals surface area contributed by atoms with Crippen molar-refractivity contribution in [3.8, 4) is 0 Å². The van der Waals surface area contributed by atoms with Crippen molar-refractivity contribution in [1.29, 1.82) is 0 Å². The molecule has 0 radical (unpaired) electrons. The van der Waals surface area contributed by atoms with Crippen molar-refractivity contribution in [1.82, 2.24) is 0 Å². The Bertz CT molecular complexity index is 682. The molecule has 0 spiro atoms. The van der Waals surface area contributed by atoms with Crippen molar-refractivity contribution in [2.45, 2.75) is 27.7 Å². The molecule has 0 unspecified atom stereocenters. The van der Waals surface area contributed by atoms with Crippen LogP contribution >= 0.6 is 0 Å². The third kappa shape index (κ3) is 1.25. The first-order valence-electron chi connectivity index (χ1n) is 6.28. The Hall–Kier alpha value is -1.89. The molecular weight excluding hydrogens is 220 g/mol. The zero-order chi connectivity index (χ0) is 13.0. The average molecular weight is 236 g/mol. The summed E-state index contributed by atoms with van der Waals surface area (Å²) in [6.07, 6.45) is 2.04. The van der Waals surface area contributed by atoms with Crippen molar-refractivity contribution in [2.75, 3.05) is 0 Å². The van der Waals surface area contributed by atoms with Gasteiger partial charge < -0.3 is 0 Å². The predicted molar refractivity (Wildman–Crippen MR) is 75.1 cm³/mol. The Morgan fingerprint density at radius 2 is 1.61 bits per heavy atom. The number of Topliss-reactive ketones (excluding diaryl/α,β-unsaturated/α-hetero) is 1. The van der Waals surface area contributed by atoms with Crippen LogP contribution < -0.4 is 0 Å². The first-order valence-corrected chi connectivity index (χ1v) is 6.28. The lowest BCUT2D eigenvalue weighted by atomic mass is 9.82. The summed E-state index contributed by atoms with van der Waals surface area (Å²) in [5, 5.41) is 0. The van der Waals surface area contributed by atoms with Gasteiger partial charge in [-0.25, -0.2) is 0 Å². The van der Waals surface area contributed by atoms with E-state index in [4.69, 9.17) is 0 Å². The van der Waals surface area contributed by atoms with E-state index in [2.05, 4.69) is 32.0 Å². The van der Waals surface area contributed by atoms with Crippen LogP contribution in [0, 0.1) is 6.92 Å². The summed E-state index contributed by atoms with van der Waals surface area (Å²) in [6, 6.07) is 6.25. The fourth-order valence-electron chi connectivity index (χ4n) is 2.92. The number of benzene rings is 1. The Morgan fingerprint density at radius 1 is 0.889 bits per heavy atom. The van der Waals surface area contributed by atoms with Gasteiger partial charge in [0, 0.05) is 11.1 Å². The molecule has 0 bridgehead atoms. The molecule has 3 rings (SSSR count). The van der Waals surface area contributed by atoms with Crippen LogP contribution in [0.5, 0.6) is 0 Å². The SMILES string of the molecule is CC1=C(C)C(C)=C2C(=Cc3cccc(C)c32)C1=O. The Labute approximate surface area is 108 Å². The molecule has 18 heavy (non-hydrogen) atoms. The molecule has 0 N–H and O–H groups in total. The summed E-state index contributed by atoms with van der Waals surface area (Å²) in [6.45, 7) is 8.20. The van der Waals surface area contributed by atoms with Gasteiger partial charge in [0.25, 0.3) is 0 Å². The third-order valence-electron chi connectivity index (χ3n) is 4.21. The van der Waals surface area contributed by atoms with Gasteiger partial charge >= 0.3 is 0 Å². The highest BCUT2D eigenvalue weighted by Gasteiger charge is 2.32. The molecule has 0 atom stereocenters. The summed E-state index contributed by atoms with van der Waals surface area (Å²) in [5.41, 5.74) is 8.94. The number of carbonyl (C=O) groups excluding carboxylic acids is 1. The molecule has 0 aromatic heterocycles. The highest BCUT2D eigenvalue weighted by molar-refractivity contribution is 6.27. The number of rotatable bonds is 0. The number of aryl methyl sites for hydroxylation is 1. The van der Waals surface area contributed by atoms with Crippen LogP contribution in [-0.2, 0) is 4.79 Å². The van der Waals surface area contributed by atoms with Crippen molar-refractivity contribution >= 4 is 17.4 Å². The van der Waals surface area contributed by atoms with Gasteiger partial charge in [-0.15, -0.1) is 0 Å². The summed E-state index contributed by atoms with van der Waals surface area (Å²) in [7, 11) is 0. The normalized spacial score (nSPS) is 18.0. The van der Waals surface area contributed by atoms with Gasteiger partial charge in [0.15, 0.2) is 5.78 Å². The number of allylic oxidation sites excluding steroid dienone is 5. The minimum absolute atomic E-state index is 0.184. The van der Waals surface area contributed by atoms with Gasteiger partial charge in [0.05, 0.1) is 0 Å². The second kappa shape index (κ2) is 3.55. The maximum Gasteiger partial charge on any atom is 0.189 e. The van der Waals surface area contributed by atoms with Crippen LogP contribution in [0.15, 0.2) is 40.5 Å². The third-order valence-corrected chi connectivity index (χ3v) is 4.21. The quantitative estimate of drug-likeness (QED) is 0.663. The molecule has 2 aliphatic carbocycles. The maximum absolute atomic E-state index is 12.4. The van der Waals surface area contributed by atoms with Crippen LogP contribution in [0.2, 0.25) is 0 Å². The molecule has 0 amide bonds. The first kappa shape index (κ1) is 11.2. The highest BCUT2D eigenvalue weighted by atomic mass is 16.1. The van der Waals surface area contributed by atoms with E-state index < -0.39 is 0 Å². The van der Waals surface area contributed by atoms with E-state index in [0.29, 0.717) is 0 Å². The van der Waals surface area contributed by atoms with Crippen molar-refractivity contribution < 1.29 is 4.79 Å². The van der Waals surface area contributed by atoms with Crippen LogP contribution in [0.4, 0.5) is 0 Å². The Morgan fingerprint density at radius 3 is 2.33 bits per heavy atom. The minimum atomic E-state index is 0.184. The molecule has 0 aliphatic heterocycles. The minimum Gasteiger partial charge on any atom is -0.289 e. The monoisotopic (exact) mass is 236 g/mol. The lowest BCUT2D eigenvalue weighted by molar-refractivity contribution is -0.111. The molecule has 0 heterocycles. The fraction of sp³-hybridized carbons (Fsp3) is 0.235. The molecule has 0 fully saturated rings. The molecule has 1 aromatic carbocycles. The first-order chi connectivity index (χ1) is 8.52. The summed E-state index contributed by atoms with van der Waals surface area (Å²) in [4.78, 5) is 12.4. The number of carbonyl (C=O) groups is 1. The highest BCUT2D eigenvalue weighted by Crippen LogP contribution is 2.45. The molecule has 90 valence electrons. The van der Waals surface area contributed by atoms with Crippen molar-refractivity contribution in [3.63, 3.8) is 0 Å². The Kier molecular flexibility index (Phi) is 2.21. The number of ketones is 1. The summed E-state index contributed by atoms with van der Waals surface area (Å²) < 4.78 is 0. The second-order valence-electron chi connectivity index (χ2n) is 5.18. The maximum atomic E-state index is 12.4. The smallest absolute Gasteiger partial charge is 0.189 e. The second-order valence-corrected chi connectivity index (χ2v) is 5.18. The topological polar surface area (TPSA) is 17.1 Å². The molecule has 1 nitrogen and oxygen atoms in total. The summed E-state index contributed by atoms with van der Waals surface area (Å²) >= 11 is 0. The lowest BCUT2D eigenvalue weighted by Crippen LogP contribution is -2.12. The van der Waals surface area contributed by atoms with Gasteiger partial charge in [0.2, 0.25) is 0 Å². The average Bonchev–Trinajstić information content (AvgIpc) is 2.75. The van der Waals surface area contributed by atoms with Crippen LogP contribution in [0.25, 0.3) is 11.6 Å². The zero-order valence-electron chi connectivity index (χ0n) is 11.2. The van der Waals surface area contributed by atoms with Gasteiger partial charge in [-0.3, -0.25) is 4.79 Å². The molecule has 1 heteroatoms. The van der Waals surface area contributed by atoms with Gasteiger partial charge in [-0.05, 0) is 67.2 Å². The largest absolute Gasteiger partial charge is 0.289 e. The molecule has 0 saturated heterocycles. The van der Waals surface area contributed by atoms with E-state index in [-0.39, 0.29) is 5.78 Å². The van der Waals surface area contributed by atoms with Crippen LogP contribution in [-0.4, -0.2) is 5.78 Å². The molecule has 0 saturated carbocycles. The Balaban J connectivity index is 2.39. The molecule has 1 aromatic rings. The van der Waals surface area contributed by atoms with E-state index in [1.165, 1.54) is 22.3 Å². The predicted octanol–water partition coefficient (Wildman–Crippen LogP) is 4.08. The van der Waals surface area contributed by atoms with Gasteiger partial charge in [0.1, 0.15) is 0 Å². The van der Waals surface area contributed by atoms with E-state index >= 15 is 0 Å². The van der Waals surface area contributed by atoms with E-state index in [1.54, 1.807) is 0 Å². The summed E-state index contributed by atoms with van der Waals surface area (Å²) in [5.74, 6) is 0.184. The van der Waals surface area contributed by atoms with Crippen LogP contribution in [0.3, 0.4) is 0 Å². The van der Waals surface area contributed by atoms with Gasteiger partial charge in [-0.1, -0.05) is 18.2 Å².